The van der Waals surface area contributed by atoms with E-state index in [1.165, 1.54) is 0 Å². The second-order valence-corrected chi connectivity index (χ2v) is 7.18. The van der Waals surface area contributed by atoms with Crippen LogP contribution in [0.5, 0.6) is 0 Å². The summed E-state index contributed by atoms with van der Waals surface area (Å²) in [6.45, 7) is 4.74. The SMILES string of the molecule is CCOC(=O)c1ccccc1NC(=O)N1CC(C)Sc2ccccc21. The van der Waals surface area contributed by atoms with Gasteiger partial charge in [-0.15, -0.1) is 11.8 Å². The first-order valence-corrected chi connectivity index (χ1v) is 9.08. The Bertz CT molecular complexity index is 794. The summed E-state index contributed by atoms with van der Waals surface area (Å²) in [7, 11) is 0. The highest BCUT2D eigenvalue weighted by Crippen LogP contribution is 2.38. The van der Waals surface area contributed by atoms with Gasteiger partial charge >= 0.3 is 12.0 Å². The van der Waals surface area contributed by atoms with Gasteiger partial charge in [0.1, 0.15) is 0 Å². The molecule has 130 valence electrons. The number of anilines is 2. The molecule has 1 heterocycles. The number of carbonyl (C=O) groups is 2. The van der Waals surface area contributed by atoms with Crippen LogP contribution in [-0.4, -0.2) is 30.4 Å². The van der Waals surface area contributed by atoms with Crippen LogP contribution in [-0.2, 0) is 4.74 Å². The first-order chi connectivity index (χ1) is 12.1. The highest BCUT2D eigenvalue weighted by molar-refractivity contribution is 8.00. The van der Waals surface area contributed by atoms with Gasteiger partial charge in [-0.3, -0.25) is 4.90 Å². The first-order valence-electron chi connectivity index (χ1n) is 8.20. The van der Waals surface area contributed by atoms with Gasteiger partial charge < -0.3 is 10.1 Å². The van der Waals surface area contributed by atoms with Gasteiger partial charge in [0.15, 0.2) is 0 Å². The van der Waals surface area contributed by atoms with Crippen molar-refractivity contribution in [1.29, 1.82) is 0 Å². The summed E-state index contributed by atoms with van der Waals surface area (Å²) < 4.78 is 5.06. The summed E-state index contributed by atoms with van der Waals surface area (Å²) >= 11 is 1.76. The van der Waals surface area contributed by atoms with Crippen molar-refractivity contribution in [1.82, 2.24) is 0 Å². The number of benzene rings is 2. The molecule has 0 bridgehead atoms. The molecular formula is C19H20N2O3S. The largest absolute Gasteiger partial charge is 0.462 e. The molecule has 1 atom stereocenters. The zero-order valence-electron chi connectivity index (χ0n) is 14.2. The molecule has 0 aromatic heterocycles. The van der Waals surface area contributed by atoms with E-state index in [1.54, 1.807) is 47.9 Å². The third kappa shape index (κ3) is 3.79. The lowest BCUT2D eigenvalue weighted by molar-refractivity contribution is 0.0527. The smallest absolute Gasteiger partial charge is 0.340 e. The molecule has 0 fully saturated rings. The molecule has 0 saturated carbocycles. The number of hydrogen-bond donors (Lipinski definition) is 1. The quantitative estimate of drug-likeness (QED) is 0.829. The van der Waals surface area contributed by atoms with Crippen LogP contribution in [0.25, 0.3) is 0 Å². The summed E-state index contributed by atoms with van der Waals surface area (Å²) in [6, 6.07) is 14.5. The van der Waals surface area contributed by atoms with Crippen LogP contribution in [0.15, 0.2) is 53.4 Å². The minimum absolute atomic E-state index is 0.253. The molecule has 2 aromatic rings. The van der Waals surface area contributed by atoms with Gasteiger partial charge in [-0.05, 0) is 31.2 Å². The molecular weight excluding hydrogens is 336 g/mol. The van der Waals surface area contributed by atoms with Crippen LogP contribution in [0, 0.1) is 0 Å². The predicted octanol–water partition coefficient (Wildman–Crippen LogP) is 4.40. The monoisotopic (exact) mass is 356 g/mol. The summed E-state index contributed by atoms with van der Waals surface area (Å²) in [5.74, 6) is -0.443. The van der Waals surface area contributed by atoms with Crippen molar-refractivity contribution in [2.45, 2.75) is 24.0 Å². The number of rotatable bonds is 3. The number of fused-ring (bicyclic) bond motifs is 1. The maximum atomic E-state index is 12.9. The van der Waals surface area contributed by atoms with E-state index in [9.17, 15) is 9.59 Å². The Morgan fingerprint density at radius 1 is 1.20 bits per heavy atom. The van der Waals surface area contributed by atoms with Gasteiger partial charge in [0, 0.05) is 16.7 Å². The molecule has 2 amide bonds. The Morgan fingerprint density at radius 3 is 2.72 bits per heavy atom. The van der Waals surface area contributed by atoms with Crippen LogP contribution in [0.4, 0.5) is 16.2 Å². The highest BCUT2D eigenvalue weighted by Gasteiger charge is 2.27. The van der Waals surface area contributed by atoms with Gasteiger partial charge in [0.2, 0.25) is 0 Å². The molecule has 0 saturated heterocycles. The number of nitrogens with one attached hydrogen (secondary N) is 1. The first kappa shape index (κ1) is 17.4. The summed E-state index contributed by atoms with van der Waals surface area (Å²) in [6.07, 6.45) is 0. The molecule has 1 aliphatic heterocycles. The van der Waals surface area contributed by atoms with E-state index in [0.717, 1.165) is 10.6 Å². The molecule has 1 unspecified atom stereocenters. The fourth-order valence-electron chi connectivity index (χ4n) is 2.74. The lowest BCUT2D eigenvalue weighted by Crippen LogP contribution is -2.41. The lowest BCUT2D eigenvalue weighted by Gasteiger charge is -2.32. The molecule has 0 radical (unpaired) electrons. The number of nitrogens with zero attached hydrogens (tertiary/aromatic N) is 1. The van der Waals surface area contributed by atoms with Gasteiger partial charge in [0.05, 0.1) is 23.5 Å². The summed E-state index contributed by atoms with van der Waals surface area (Å²) in [5.41, 5.74) is 1.69. The van der Waals surface area contributed by atoms with Crippen LogP contribution >= 0.6 is 11.8 Å². The molecule has 3 rings (SSSR count). The van der Waals surface area contributed by atoms with Crippen molar-refractivity contribution in [3.63, 3.8) is 0 Å². The summed E-state index contributed by atoms with van der Waals surface area (Å²) in [4.78, 5) is 27.7. The Morgan fingerprint density at radius 2 is 1.92 bits per heavy atom. The third-order valence-corrected chi connectivity index (χ3v) is 4.98. The number of hydrogen-bond acceptors (Lipinski definition) is 4. The Labute approximate surface area is 151 Å². The fourth-order valence-corrected chi connectivity index (χ4v) is 3.86. The average Bonchev–Trinajstić information content (AvgIpc) is 2.61. The van der Waals surface area contributed by atoms with Crippen molar-refractivity contribution < 1.29 is 14.3 Å². The molecule has 25 heavy (non-hydrogen) atoms. The minimum Gasteiger partial charge on any atom is -0.462 e. The topological polar surface area (TPSA) is 58.6 Å². The van der Waals surface area contributed by atoms with Crippen molar-refractivity contribution in [3.05, 3.63) is 54.1 Å². The van der Waals surface area contributed by atoms with Crippen molar-refractivity contribution in [2.75, 3.05) is 23.4 Å². The van der Waals surface area contributed by atoms with Gasteiger partial charge in [-0.2, -0.15) is 0 Å². The van der Waals surface area contributed by atoms with Crippen LogP contribution in [0.1, 0.15) is 24.2 Å². The number of para-hydroxylation sites is 2. The van der Waals surface area contributed by atoms with Crippen molar-refractivity contribution >= 4 is 35.1 Å². The number of thioether (sulfide) groups is 1. The van der Waals surface area contributed by atoms with Crippen LogP contribution < -0.4 is 10.2 Å². The number of urea groups is 1. The molecule has 5 nitrogen and oxygen atoms in total. The zero-order chi connectivity index (χ0) is 17.8. The second-order valence-electron chi connectivity index (χ2n) is 5.70. The number of ether oxygens (including phenoxy) is 1. The van der Waals surface area contributed by atoms with E-state index in [2.05, 4.69) is 12.2 Å². The maximum Gasteiger partial charge on any atom is 0.340 e. The number of esters is 1. The normalized spacial score (nSPS) is 16.1. The summed E-state index contributed by atoms with van der Waals surface area (Å²) in [5, 5.41) is 3.15. The van der Waals surface area contributed by atoms with E-state index in [1.807, 2.05) is 24.3 Å². The van der Waals surface area contributed by atoms with Crippen molar-refractivity contribution in [2.24, 2.45) is 0 Å². The molecule has 2 aromatic carbocycles. The van der Waals surface area contributed by atoms with E-state index in [0.29, 0.717) is 23.0 Å². The Hall–Kier alpha value is -2.47. The van der Waals surface area contributed by atoms with E-state index in [-0.39, 0.29) is 12.6 Å². The zero-order valence-corrected chi connectivity index (χ0v) is 15.0. The second kappa shape index (κ2) is 7.61. The van der Waals surface area contributed by atoms with E-state index in [4.69, 9.17) is 4.74 Å². The minimum atomic E-state index is -0.443. The lowest BCUT2D eigenvalue weighted by atomic mass is 10.2. The molecule has 1 N–H and O–H groups in total. The Balaban J connectivity index is 1.85. The maximum absolute atomic E-state index is 12.9. The predicted molar refractivity (Wildman–Crippen MR) is 101 cm³/mol. The van der Waals surface area contributed by atoms with E-state index < -0.39 is 5.97 Å². The fraction of sp³-hybridized carbons (Fsp3) is 0.263. The van der Waals surface area contributed by atoms with E-state index >= 15 is 0 Å². The molecule has 0 aliphatic carbocycles. The van der Waals surface area contributed by atoms with Gasteiger partial charge in [-0.25, -0.2) is 9.59 Å². The van der Waals surface area contributed by atoms with Crippen LogP contribution in [0.2, 0.25) is 0 Å². The number of amides is 2. The molecule has 0 spiro atoms. The molecule has 1 aliphatic rings. The molecule has 6 heteroatoms. The standard InChI is InChI=1S/C19H20N2O3S/c1-3-24-18(22)14-8-4-5-9-15(14)20-19(23)21-12-13(2)25-17-11-7-6-10-16(17)21/h4-11,13H,3,12H2,1-2H3,(H,20,23). The van der Waals surface area contributed by atoms with Gasteiger partial charge in [0.25, 0.3) is 0 Å². The Kier molecular flexibility index (Phi) is 5.28. The average molecular weight is 356 g/mol. The van der Waals surface area contributed by atoms with Crippen molar-refractivity contribution in [3.8, 4) is 0 Å². The van der Waals surface area contributed by atoms with Gasteiger partial charge in [-0.1, -0.05) is 31.2 Å². The van der Waals surface area contributed by atoms with Crippen LogP contribution in [0.3, 0.4) is 0 Å². The number of carbonyl (C=O) groups excluding carboxylic acids is 2. The third-order valence-electron chi connectivity index (χ3n) is 3.83. The highest BCUT2D eigenvalue weighted by atomic mass is 32.2.